The number of aromatic carboxylic acids is 1. The van der Waals surface area contributed by atoms with Crippen LogP contribution in [0.25, 0.3) is 0 Å². The Balaban J connectivity index is 2.64. The number of hydrogen-bond acceptors (Lipinski definition) is 4. The van der Waals surface area contributed by atoms with E-state index in [-0.39, 0.29) is 5.56 Å². The highest BCUT2D eigenvalue weighted by Crippen LogP contribution is 2.22. The molecule has 1 N–H and O–H groups in total. The second-order valence-corrected chi connectivity index (χ2v) is 4.84. The summed E-state index contributed by atoms with van der Waals surface area (Å²) < 4.78 is 10.9. The van der Waals surface area contributed by atoms with Gasteiger partial charge in [-0.1, -0.05) is 13.8 Å². The molecule has 106 valence electrons. The van der Waals surface area contributed by atoms with Crippen molar-refractivity contribution in [1.29, 1.82) is 0 Å². The number of pyridine rings is 1. The number of ether oxygens (including phenoxy) is 2. The Morgan fingerprint density at radius 2 is 2.05 bits per heavy atom. The summed E-state index contributed by atoms with van der Waals surface area (Å²) in [4.78, 5) is 15.3. The van der Waals surface area contributed by atoms with Gasteiger partial charge in [0.25, 0.3) is 0 Å². The van der Waals surface area contributed by atoms with Crippen LogP contribution in [0, 0.1) is 19.8 Å². The van der Waals surface area contributed by atoms with Crippen molar-refractivity contribution in [3.63, 3.8) is 0 Å². The van der Waals surface area contributed by atoms with Crippen LogP contribution in [-0.4, -0.2) is 35.9 Å². The smallest absolute Gasteiger partial charge is 0.341 e. The summed E-state index contributed by atoms with van der Waals surface area (Å²) in [5, 5.41) is 9.16. The van der Waals surface area contributed by atoms with Crippen molar-refractivity contribution >= 4 is 5.97 Å². The van der Waals surface area contributed by atoms with E-state index in [1.807, 2.05) is 0 Å². The number of rotatable bonds is 7. The van der Waals surface area contributed by atoms with E-state index in [2.05, 4.69) is 18.8 Å². The van der Waals surface area contributed by atoms with E-state index in [0.717, 1.165) is 5.69 Å². The first-order valence-electron chi connectivity index (χ1n) is 6.34. The van der Waals surface area contributed by atoms with Crippen molar-refractivity contribution < 1.29 is 19.4 Å². The van der Waals surface area contributed by atoms with Crippen LogP contribution in [0.1, 0.15) is 35.6 Å². The third-order valence-corrected chi connectivity index (χ3v) is 2.44. The van der Waals surface area contributed by atoms with Crippen molar-refractivity contribution in [3.8, 4) is 5.75 Å². The Labute approximate surface area is 113 Å². The summed E-state index contributed by atoms with van der Waals surface area (Å²) in [6, 6.07) is 1.64. The number of aromatic nitrogens is 1. The zero-order valence-electron chi connectivity index (χ0n) is 11.9. The van der Waals surface area contributed by atoms with Gasteiger partial charge in [-0.2, -0.15) is 0 Å². The lowest BCUT2D eigenvalue weighted by Crippen LogP contribution is -2.13. The van der Waals surface area contributed by atoms with Crippen LogP contribution in [0.4, 0.5) is 0 Å². The Bertz CT molecular complexity index is 443. The maximum absolute atomic E-state index is 11.2. The summed E-state index contributed by atoms with van der Waals surface area (Å²) >= 11 is 0. The van der Waals surface area contributed by atoms with Crippen LogP contribution in [0.15, 0.2) is 6.07 Å². The first-order valence-corrected chi connectivity index (χ1v) is 6.34. The average molecular weight is 267 g/mol. The molecule has 5 heteroatoms. The van der Waals surface area contributed by atoms with Gasteiger partial charge in [-0.3, -0.25) is 4.98 Å². The average Bonchev–Trinajstić information content (AvgIpc) is 2.26. The number of carbonyl (C=O) groups is 1. The van der Waals surface area contributed by atoms with Crippen molar-refractivity contribution in [2.24, 2.45) is 5.92 Å². The molecule has 0 unspecified atom stereocenters. The fourth-order valence-corrected chi connectivity index (χ4v) is 1.70. The summed E-state index contributed by atoms with van der Waals surface area (Å²) in [5.74, 6) is -0.200. The van der Waals surface area contributed by atoms with Crippen molar-refractivity contribution in [2.45, 2.75) is 27.7 Å². The van der Waals surface area contributed by atoms with E-state index >= 15 is 0 Å². The summed E-state index contributed by atoms with van der Waals surface area (Å²) in [6.45, 7) is 9.05. The first-order chi connectivity index (χ1) is 8.91. The van der Waals surface area contributed by atoms with Gasteiger partial charge in [0.2, 0.25) is 0 Å². The van der Waals surface area contributed by atoms with Crippen LogP contribution < -0.4 is 4.74 Å². The molecule has 19 heavy (non-hydrogen) atoms. The maximum Gasteiger partial charge on any atom is 0.341 e. The number of carboxylic acids is 1. The van der Waals surface area contributed by atoms with E-state index in [1.165, 1.54) is 0 Å². The third kappa shape index (κ3) is 4.87. The largest absolute Gasteiger partial charge is 0.490 e. The fourth-order valence-electron chi connectivity index (χ4n) is 1.70. The van der Waals surface area contributed by atoms with Gasteiger partial charge in [0.05, 0.1) is 12.3 Å². The van der Waals surface area contributed by atoms with Crippen molar-refractivity contribution in [1.82, 2.24) is 4.98 Å². The molecule has 0 saturated carbocycles. The van der Waals surface area contributed by atoms with Crippen LogP contribution >= 0.6 is 0 Å². The monoisotopic (exact) mass is 267 g/mol. The van der Waals surface area contributed by atoms with Gasteiger partial charge in [0.1, 0.15) is 17.9 Å². The third-order valence-electron chi connectivity index (χ3n) is 2.44. The molecule has 1 rings (SSSR count). The fraction of sp³-hybridized carbons (Fsp3) is 0.571. The molecular formula is C14H21NO4. The predicted molar refractivity (Wildman–Crippen MR) is 71.8 cm³/mol. The van der Waals surface area contributed by atoms with Gasteiger partial charge in [-0.15, -0.1) is 0 Å². The molecule has 0 amide bonds. The molecule has 0 aliphatic heterocycles. The zero-order valence-corrected chi connectivity index (χ0v) is 11.9. The summed E-state index contributed by atoms with van der Waals surface area (Å²) in [7, 11) is 0. The molecule has 0 aliphatic rings. The van der Waals surface area contributed by atoms with Gasteiger partial charge in [0.15, 0.2) is 0 Å². The topological polar surface area (TPSA) is 68.7 Å². The highest BCUT2D eigenvalue weighted by Gasteiger charge is 2.16. The summed E-state index contributed by atoms with van der Waals surface area (Å²) in [5.41, 5.74) is 1.32. The molecule has 1 aromatic heterocycles. The highest BCUT2D eigenvalue weighted by atomic mass is 16.5. The minimum Gasteiger partial charge on any atom is -0.490 e. The second-order valence-electron chi connectivity index (χ2n) is 4.84. The van der Waals surface area contributed by atoms with Gasteiger partial charge in [0, 0.05) is 18.4 Å². The standard InChI is InChI=1S/C14H21NO4/c1-9(2)8-18-5-6-19-12-7-10(3)15-11(4)13(12)14(16)17/h7,9H,5-6,8H2,1-4H3,(H,16,17). The lowest BCUT2D eigenvalue weighted by Gasteiger charge is -2.12. The van der Waals surface area contributed by atoms with Crippen LogP contribution in [0.5, 0.6) is 5.75 Å². The van der Waals surface area contributed by atoms with Gasteiger partial charge in [-0.25, -0.2) is 4.79 Å². The number of nitrogens with zero attached hydrogens (tertiary/aromatic N) is 1. The van der Waals surface area contributed by atoms with Crippen LogP contribution in [0.3, 0.4) is 0 Å². The van der Waals surface area contributed by atoms with Gasteiger partial charge < -0.3 is 14.6 Å². The Morgan fingerprint density at radius 1 is 1.37 bits per heavy atom. The minimum absolute atomic E-state index is 0.120. The molecule has 0 bridgehead atoms. The molecule has 0 aromatic carbocycles. The Morgan fingerprint density at radius 3 is 2.63 bits per heavy atom. The SMILES string of the molecule is Cc1cc(OCCOCC(C)C)c(C(=O)O)c(C)n1. The summed E-state index contributed by atoms with van der Waals surface area (Å²) in [6.07, 6.45) is 0. The van der Waals surface area contributed by atoms with Gasteiger partial charge in [-0.05, 0) is 19.8 Å². The molecule has 0 radical (unpaired) electrons. The molecule has 0 atom stereocenters. The molecule has 0 saturated heterocycles. The Kier molecular flexibility index (Phi) is 5.76. The lowest BCUT2D eigenvalue weighted by atomic mass is 10.1. The zero-order chi connectivity index (χ0) is 14.4. The molecule has 0 spiro atoms. The first kappa shape index (κ1) is 15.4. The van der Waals surface area contributed by atoms with E-state index in [4.69, 9.17) is 14.6 Å². The Hall–Kier alpha value is -1.62. The van der Waals surface area contributed by atoms with E-state index in [9.17, 15) is 4.79 Å². The predicted octanol–water partition coefficient (Wildman–Crippen LogP) is 2.45. The molecule has 0 aliphatic carbocycles. The lowest BCUT2D eigenvalue weighted by molar-refractivity contribution is 0.0676. The number of hydrogen-bond donors (Lipinski definition) is 1. The normalized spacial score (nSPS) is 10.8. The maximum atomic E-state index is 11.2. The molecule has 5 nitrogen and oxygen atoms in total. The number of aryl methyl sites for hydroxylation is 2. The van der Waals surface area contributed by atoms with E-state index < -0.39 is 5.97 Å². The highest BCUT2D eigenvalue weighted by molar-refractivity contribution is 5.92. The molecule has 1 heterocycles. The minimum atomic E-state index is -1.02. The molecule has 0 fully saturated rings. The van der Waals surface area contributed by atoms with E-state index in [0.29, 0.717) is 37.2 Å². The van der Waals surface area contributed by atoms with Crippen LogP contribution in [-0.2, 0) is 4.74 Å². The van der Waals surface area contributed by atoms with Crippen molar-refractivity contribution in [3.05, 3.63) is 23.0 Å². The van der Waals surface area contributed by atoms with Gasteiger partial charge >= 0.3 is 5.97 Å². The van der Waals surface area contributed by atoms with E-state index in [1.54, 1.807) is 19.9 Å². The second kappa shape index (κ2) is 7.09. The van der Waals surface area contributed by atoms with Crippen molar-refractivity contribution in [2.75, 3.05) is 19.8 Å². The molecule has 1 aromatic rings. The number of carboxylic acid groups (broad SMARTS) is 1. The molecular weight excluding hydrogens is 246 g/mol. The quantitative estimate of drug-likeness (QED) is 0.768. The van der Waals surface area contributed by atoms with Crippen LogP contribution in [0.2, 0.25) is 0 Å².